The quantitative estimate of drug-likeness (QED) is 0.744. The second-order valence-electron chi connectivity index (χ2n) is 5.97. The number of ether oxygens (including phenoxy) is 1. The minimum absolute atomic E-state index is 0.154. The number of piperidine rings is 1. The molecule has 0 aromatic rings. The van der Waals surface area contributed by atoms with E-state index in [9.17, 15) is 0 Å². The van der Waals surface area contributed by atoms with Crippen LogP contribution in [0.25, 0.3) is 0 Å². The fourth-order valence-electron chi connectivity index (χ4n) is 3.73. The van der Waals surface area contributed by atoms with E-state index >= 15 is 0 Å². The lowest BCUT2D eigenvalue weighted by Crippen LogP contribution is -2.56. The first kappa shape index (κ1) is 11.9. The average molecular weight is 239 g/mol. The molecule has 3 saturated heterocycles. The predicted octanol–water partition coefficient (Wildman–Crippen LogP) is 0.129. The van der Waals surface area contributed by atoms with Gasteiger partial charge in [0.25, 0.3) is 0 Å². The highest BCUT2D eigenvalue weighted by atomic mass is 16.5. The first-order chi connectivity index (χ1) is 8.24. The summed E-state index contributed by atoms with van der Waals surface area (Å²) < 4.78 is 5.76. The third kappa shape index (κ3) is 2.36. The van der Waals surface area contributed by atoms with E-state index in [4.69, 9.17) is 10.5 Å². The Bertz CT molecular complexity index is 271. The SMILES string of the molecule is CC(N)C1CN(C2CCN3CCC2C3)CCO1. The first-order valence-electron chi connectivity index (χ1n) is 7.07. The fourth-order valence-corrected chi connectivity index (χ4v) is 3.73. The summed E-state index contributed by atoms with van der Waals surface area (Å²) in [5.41, 5.74) is 5.97. The maximum atomic E-state index is 5.97. The summed E-state index contributed by atoms with van der Waals surface area (Å²) in [7, 11) is 0. The van der Waals surface area contributed by atoms with Crippen LogP contribution in [-0.4, -0.2) is 67.3 Å². The van der Waals surface area contributed by atoms with Crippen LogP contribution in [0.5, 0.6) is 0 Å². The van der Waals surface area contributed by atoms with Gasteiger partial charge in [-0.3, -0.25) is 4.90 Å². The molecule has 2 N–H and O–H groups in total. The van der Waals surface area contributed by atoms with Crippen molar-refractivity contribution < 1.29 is 4.74 Å². The predicted molar refractivity (Wildman–Crippen MR) is 67.9 cm³/mol. The molecule has 0 aliphatic carbocycles. The number of hydrogen-bond donors (Lipinski definition) is 1. The molecule has 5 atom stereocenters. The van der Waals surface area contributed by atoms with Crippen molar-refractivity contribution in [1.29, 1.82) is 0 Å². The molecular weight excluding hydrogens is 214 g/mol. The summed E-state index contributed by atoms with van der Waals surface area (Å²) in [5, 5.41) is 0. The van der Waals surface area contributed by atoms with Gasteiger partial charge in [0.15, 0.2) is 0 Å². The maximum absolute atomic E-state index is 5.97. The molecule has 0 aromatic heterocycles. The van der Waals surface area contributed by atoms with Gasteiger partial charge in [0, 0.05) is 31.7 Å². The zero-order valence-corrected chi connectivity index (χ0v) is 10.8. The van der Waals surface area contributed by atoms with Gasteiger partial charge < -0.3 is 15.4 Å². The summed E-state index contributed by atoms with van der Waals surface area (Å²) in [6, 6.07) is 0.945. The molecule has 3 rings (SSSR count). The second kappa shape index (κ2) is 4.84. The van der Waals surface area contributed by atoms with E-state index in [-0.39, 0.29) is 12.1 Å². The number of nitrogens with zero attached hydrogens (tertiary/aromatic N) is 2. The molecule has 5 unspecified atom stereocenters. The zero-order valence-electron chi connectivity index (χ0n) is 10.8. The zero-order chi connectivity index (χ0) is 11.8. The van der Waals surface area contributed by atoms with Gasteiger partial charge in [-0.25, -0.2) is 0 Å². The van der Waals surface area contributed by atoms with E-state index in [0.717, 1.165) is 31.7 Å². The highest BCUT2D eigenvalue weighted by Gasteiger charge is 2.39. The van der Waals surface area contributed by atoms with Crippen molar-refractivity contribution in [2.24, 2.45) is 11.7 Å². The van der Waals surface area contributed by atoms with E-state index in [0.29, 0.717) is 0 Å². The summed E-state index contributed by atoms with van der Waals surface area (Å²) >= 11 is 0. The van der Waals surface area contributed by atoms with Gasteiger partial charge in [-0.1, -0.05) is 0 Å². The van der Waals surface area contributed by atoms with Crippen LogP contribution in [0.15, 0.2) is 0 Å². The summed E-state index contributed by atoms with van der Waals surface area (Å²) in [6.45, 7) is 9.00. The van der Waals surface area contributed by atoms with Crippen molar-refractivity contribution in [2.75, 3.05) is 39.3 Å². The normalized spacial score (nSPS) is 44.8. The van der Waals surface area contributed by atoms with Gasteiger partial charge in [-0.15, -0.1) is 0 Å². The van der Waals surface area contributed by atoms with Crippen LogP contribution in [0.2, 0.25) is 0 Å². The Morgan fingerprint density at radius 2 is 2.00 bits per heavy atom. The Balaban J connectivity index is 1.63. The van der Waals surface area contributed by atoms with Crippen LogP contribution >= 0.6 is 0 Å². The Morgan fingerprint density at radius 1 is 1.18 bits per heavy atom. The van der Waals surface area contributed by atoms with Crippen LogP contribution in [0.1, 0.15) is 19.8 Å². The van der Waals surface area contributed by atoms with Crippen LogP contribution in [0.4, 0.5) is 0 Å². The molecule has 0 amide bonds. The number of rotatable bonds is 2. The molecule has 0 aromatic carbocycles. The van der Waals surface area contributed by atoms with Gasteiger partial charge in [-0.05, 0) is 38.8 Å². The third-order valence-corrected chi connectivity index (χ3v) is 4.77. The first-order valence-corrected chi connectivity index (χ1v) is 7.07. The van der Waals surface area contributed by atoms with Crippen LogP contribution in [-0.2, 0) is 4.74 Å². The lowest BCUT2D eigenvalue weighted by atomic mass is 9.92. The Labute approximate surface area is 104 Å². The molecule has 0 spiro atoms. The molecule has 0 saturated carbocycles. The molecule has 2 bridgehead atoms. The number of morpholine rings is 1. The van der Waals surface area contributed by atoms with Crippen molar-refractivity contribution >= 4 is 0 Å². The van der Waals surface area contributed by atoms with Crippen LogP contribution < -0.4 is 5.73 Å². The smallest absolute Gasteiger partial charge is 0.0850 e. The van der Waals surface area contributed by atoms with E-state index in [1.807, 2.05) is 0 Å². The minimum Gasteiger partial charge on any atom is -0.374 e. The van der Waals surface area contributed by atoms with E-state index < -0.39 is 0 Å². The van der Waals surface area contributed by atoms with E-state index in [1.165, 1.54) is 32.5 Å². The maximum Gasteiger partial charge on any atom is 0.0850 e. The molecule has 17 heavy (non-hydrogen) atoms. The molecule has 3 aliphatic rings. The Morgan fingerprint density at radius 3 is 2.82 bits per heavy atom. The standard InChI is InChI=1S/C13H25N3O/c1-10(14)13-9-16(6-7-17-13)12-3-5-15-4-2-11(12)8-15/h10-13H,2-9,14H2,1H3. The minimum atomic E-state index is 0.154. The monoisotopic (exact) mass is 239 g/mol. The van der Waals surface area contributed by atoms with Crippen LogP contribution in [0.3, 0.4) is 0 Å². The van der Waals surface area contributed by atoms with Crippen molar-refractivity contribution in [3.8, 4) is 0 Å². The van der Waals surface area contributed by atoms with E-state index in [2.05, 4.69) is 16.7 Å². The van der Waals surface area contributed by atoms with Crippen LogP contribution in [0, 0.1) is 5.92 Å². The summed E-state index contributed by atoms with van der Waals surface area (Å²) in [5.74, 6) is 0.899. The number of nitrogens with two attached hydrogens (primary N) is 1. The Kier molecular flexibility index (Phi) is 3.39. The lowest BCUT2D eigenvalue weighted by molar-refractivity contribution is -0.0641. The van der Waals surface area contributed by atoms with Gasteiger partial charge in [-0.2, -0.15) is 0 Å². The van der Waals surface area contributed by atoms with Crippen molar-refractivity contribution in [1.82, 2.24) is 9.80 Å². The second-order valence-corrected chi connectivity index (χ2v) is 5.97. The van der Waals surface area contributed by atoms with Gasteiger partial charge in [0.2, 0.25) is 0 Å². The van der Waals surface area contributed by atoms with Crippen molar-refractivity contribution in [3.05, 3.63) is 0 Å². The Hall–Kier alpha value is -0.160. The number of hydrogen-bond acceptors (Lipinski definition) is 4. The lowest BCUT2D eigenvalue weighted by Gasteiger charge is -2.43. The molecule has 3 fully saturated rings. The van der Waals surface area contributed by atoms with Gasteiger partial charge >= 0.3 is 0 Å². The highest BCUT2D eigenvalue weighted by molar-refractivity contribution is 4.94. The molecular formula is C13H25N3O. The molecule has 4 heteroatoms. The number of fused-ring (bicyclic) bond motifs is 2. The largest absolute Gasteiger partial charge is 0.374 e. The average Bonchev–Trinajstić information content (AvgIpc) is 2.71. The third-order valence-electron chi connectivity index (χ3n) is 4.77. The summed E-state index contributed by atoms with van der Waals surface area (Å²) in [4.78, 5) is 5.27. The van der Waals surface area contributed by atoms with E-state index in [1.54, 1.807) is 0 Å². The molecule has 98 valence electrons. The molecule has 3 aliphatic heterocycles. The molecule has 4 nitrogen and oxygen atoms in total. The molecule has 3 heterocycles. The van der Waals surface area contributed by atoms with Crippen molar-refractivity contribution in [3.63, 3.8) is 0 Å². The van der Waals surface area contributed by atoms with Gasteiger partial charge in [0.1, 0.15) is 0 Å². The molecule has 0 radical (unpaired) electrons. The summed E-state index contributed by atoms with van der Waals surface area (Å²) in [6.07, 6.45) is 2.98. The van der Waals surface area contributed by atoms with Crippen molar-refractivity contribution in [2.45, 2.75) is 38.0 Å². The topological polar surface area (TPSA) is 41.7 Å². The highest BCUT2D eigenvalue weighted by Crippen LogP contribution is 2.31. The fraction of sp³-hybridized carbons (Fsp3) is 1.00. The van der Waals surface area contributed by atoms with Gasteiger partial charge in [0.05, 0.1) is 12.7 Å².